The second-order valence-electron chi connectivity index (χ2n) is 9.73. The Kier molecular flexibility index (Phi) is 8.53. The van der Waals surface area contributed by atoms with E-state index in [1.807, 2.05) is 6.07 Å². The van der Waals surface area contributed by atoms with Crippen molar-refractivity contribution in [1.29, 1.82) is 0 Å². The van der Waals surface area contributed by atoms with Crippen molar-refractivity contribution in [3.63, 3.8) is 0 Å². The third-order valence-corrected chi connectivity index (χ3v) is 7.25. The minimum Gasteiger partial charge on any atom is -0.394 e. The van der Waals surface area contributed by atoms with Gasteiger partial charge in [0.2, 0.25) is 11.9 Å². The molecule has 5 rings (SSSR count). The van der Waals surface area contributed by atoms with E-state index in [1.165, 1.54) is 29.3 Å². The van der Waals surface area contributed by atoms with Gasteiger partial charge in [-0.25, -0.2) is 18.7 Å². The van der Waals surface area contributed by atoms with Gasteiger partial charge in [0.05, 0.1) is 29.6 Å². The third-order valence-electron chi connectivity index (χ3n) is 6.98. The number of aliphatic hydroxyl groups is 1. The molecule has 2 amide bonds. The van der Waals surface area contributed by atoms with Crippen LogP contribution in [0.4, 0.5) is 14.7 Å². The fourth-order valence-electron chi connectivity index (χ4n) is 4.86. The maximum absolute atomic E-state index is 13.2. The quantitative estimate of drug-likeness (QED) is 0.353. The first-order chi connectivity index (χ1) is 19.3. The Morgan fingerprint density at radius 1 is 1.18 bits per heavy atom. The van der Waals surface area contributed by atoms with Crippen LogP contribution in [0.2, 0.25) is 5.02 Å². The lowest BCUT2D eigenvalue weighted by atomic mass is 10.0. The van der Waals surface area contributed by atoms with Crippen LogP contribution >= 0.6 is 11.6 Å². The van der Waals surface area contributed by atoms with E-state index in [2.05, 4.69) is 20.6 Å². The van der Waals surface area contributed by atoms with Crippen LogP contribution in [0.3, 0.4) is 0 Å². The normalized spacial score (nSPS) is 16.2. The summed E-state index contributed by atoms with van der Waals surface area (Å²) < 4.78 is 31.6. The topological polar surface area (TPSA) is 117 Å². The molecule has 2 aliphatic heterocycles. The van der Waals surface area contributed by atoms with Crippen LogP contribution in [0.15, 0.2) is 48.7 Å². The Morgan fingerprint density at radius 2 is 1.95 bits per heavy atom. The number of hydrogen-bond donors (Lipinski definition) is 3. The number of rotatable bonds is 9. The third kappa shape index (κ3) is 6.22. The van der Waals surface area contributed by atoms with Crippen molar-refractivity contribution in [2.45, 2.75) is 37.9 Å². The molecule has 0 radical (unpaired) electrons. The Morgan fingerprint density at radius 3 is 2.70 bits per heavy atom. The molecule has 0 spiro atoms. The molecule has 1 aromatic heterocycles. The number of alkyl halides is 2. The molecule has 2 aliphatic rings. The molecule has 1 atom stereocenters. The summed E-state index contributed by atoms with van der Waals surface area (Å²) in [5, 5.41) is 16.1. The van der Waals surface area contributed by atoms with Crippen molar-refractivity contribution in [3.8, 4) is 11.3 Å². The van der Waals surface area contributed by atoms with E-state index in [4.69, 9.17) is 16.3 Å². The van der Waals surface area contributed by atoms with Crippen LogP contribution < -0.4 is 10.6 Å². The highest BCUT2D eigenvalue weighted by molar-refractivity contribution is 6.33. The first-order valence-electron chi connectivity index (χ1n) is 12.9. The molecule has 0 aliphatic carbocycles. The molecule has 2 aromatic carbocycles. The molecule has 1 unspecified atom stereocenters. The summed E-state index contributed by atoms with van der Waals surface area (Å²) in [6.45, 7) is 0.821. The second-order valence-corrected chi connectivity index (χ2v) is 10.1. The standard InChI is InChI=1S/C28H28ClF2N5O4/c29-22-12-32-28(33-20-6-8-40-9-7-20)35-25(22)17-4-5-19-13-36(27(39)21(19)11-17)14-24(38)34-23(15-37)16-2-1-3-18(10-16)26(30)31/h1-5,10-12,20,23,26,37H,6-9,13-15H2,(H,34,38)(H,32,33,35). The van der Waals surface area contributed by atoms with E-state index in [-0.39, 0.29) is 30.6 Å². The largest absolute Gasteiger partial charge is 0.394 e. The summed E-state index contributed by atoms with van der Waals surface area (Å²) in [5.74, 6) is -0.419. The van der Waals surface area contributed by atoms with Gasteiger partial charge in [0.15, 0.2) is 0 Å². The van der Waals surface area contributed by atoms with Crippen LogP contribution in [0.25, 0.3) is 11.3 Å². The number of benzene rings is 2. The number of halogens is 3. The van der Waals surface area contributed by atoms with Crippen molar-refractivity contribution in [2.75, 3.05) is 31.7 Å². The summed E-state index contributed by atoms with van der Waals surface area (Å²) in [7, 11) is 0. The number of carbonyl (C=O) groups is 2. The van der Waals surface area contributed by atoms with Crippen molar-refractivity contribution in [1.82, 2.24) is 20.2 Å². The Labute approximate surface area is 234 Å². The lowest BCUT2D eigenvalue weighted by Gasteiger charge is -2.23. The minimum absolute atomic E-state index is 0.197. The predicted octanol–water partition coefficient (Wildman–Crippen LogP) is 4.13. The zero-order valence-corrected chi connectivity index (χ0v) is 22.2. The first-order valence-corrected chi connectivity index (χ1v) is 13.3. The molecule has 210 valence electrons. The highest BCUT2D eigenvalue weighted by atomic mass is 35.5. The van der Waals surface area contributed by atoms with E-state index in [1.54, 1.807) is 18.2 Å². The number of fused-ring (bicyclic) bond motifs is 1. The Bertz CT molecular complexity index is 1400. The van der Waals surface area contributed by atoms with Gasteiger partial charge in [-0.05, 0) is 36.1 Å². The van der Waals surface area contributed by atoms with Gasteiger partial charge in [0, 0.05) is 42.5 Å². The molecule has 1 fully saturated rings. The van der Waals surface area contributed by atoms with E-state index in [0.29, 0.717) is 46.6 Å². The van der Waals surface area contributed by atoms with Gasteiger partial charge in [-0.2, -0.15) is 0 Å². The number of aromatic nitrogens is 2. The first kappa shape index (κ1) is 27.9. The molecule has 12 heteroatoms. The van der Waals surface area contributed by atoms with Gasteiger partial charge in [0.1, 0.15) is 6.54 Å². The number of anilines is 1. The number of ether oxygens (including phenoxy) is 1. The molecular formula is C28H28ClF2N5O4. The number of nitrogens with zero attached hydrogens (tertiary/aromatic N) is 3. The van der Waals surface area contributed by atoms with Gasteiger partial charge in [-0.3, -0.25) is 9.59 Å². The summed E-state index contributed by atoms with van der Waals surface area (Å²) in [4.78, 5) is 36.2. The molecule has 9 nitrogen and oxygen atoms in total. The van der Waals surface area contributed by atoms with Crippen LogP contribution in [0.1, 0.15) is 52.4 Å². The number of aliphatic hydroxyl groups excluding tert-OH is 1. The summed E-state index contributed by atoms with van der Waals surface area (Å²) in [5.41, 5.74) is 2.44. The molecule has 0 bridgehead atoms. The fourth-order valence-corrected chi connectivity index (χ4v) is 5.06. The molecule has 3 N–H and O–H groups in total. The zero-order valence-electron chi connectivity index (χ0n) is 21.4. The Hall–Kier alpha value is -3.67. The SMILES string of the molecule is O=C(CN1Cc2ccc(-c3nc(NC4CCOCC4)ncc3Cl)cc2C1=O)NC(CO)c1cccc(C(F)F)c1. The van der Waals surface area contributed by atoms with Crippen molar-refractivity contribution < 1.29 is 28.2 Å². The van der Waals surface area contributed by atoms with E-state index in [9.17, 15) is 23.5 Å². The van der Waals surface area contributed by atoms with Crippen LogP contribution in [-0.4, -0.2) is 64.2 Å². The molecule has 3 aromatic rings. The predicted molar refractivity (Wildman–Crippen MR) is 144 cm³/mol. The maximum atomic E-state index is 13.2. The average molecular weight is 572 g/mol. The lowest BCUT2D eigenvalue weighted by molar-refractivity contribution is -0.122. The van der Waals surface area contributed by atoms with Crippen molar-refractivity contribution >= 4 is 29.4 Å². The summed E-state index contributed by atoms with van der Waals surface area (Å²) in [6.07, 6.45) is 0.539. The zero-order chi connectivity index (χ0) is 28.2. The highest BCUT2D eigenvalue weighted by Crippen LogP contribution is 2.32. The van der Waals surface area contributed by atoms with Gasteiger partial charge in [-0.1, -0.05) is 41.9 Å². The molecule has 1 saturated heterocycles. The number of nitrogens with one attached hydrogen (secondary N) is 2. The number of carbonyl (C=O) groups excluding carboxylic acids is 2. The van der Waals surface area contributed by atoms with Gasteiger partial charge in [0.25, 0.3) is 12.3 Å². The monoisotopic (exact) mass is 571 g/mol. The van der Waals surface area contributed by atoms with Crippen molar-refractivity contribution in [3.05, 3.63) is 75.9 Å². The van der Waals surface area contributed by atoms with Crippen LogP contribution in [0, 0.1) is 0 Å². The molecular weight excluding hydrogens is 544 g/mol. The van der Waals surface area contributed by atoms with Gasteiger partial charge < -0.3 is 25.4 Å². The highest BCUT2D eigenvalue weighted by Gasteiger charge is 2.30. The average Bonchev–Trinajstić information content (AvgIpc) is 3.27. The molecule has 3 heterocycles. The van der Waals surface area contributed by atoms with Crippen LogP contribution in [0.5, 0.6) is 0 Å². The fraction of sp³-hybridized carbons (Fsp3) is 0.357. The van der Waals surface area contributed by atoms with Gasteiger partial charge >= 0.3 is 0 Å². The van der Waals surface area contributed by atoms with Crippen LogP contribution in [-0.2, 0) is 16.1 Å². The summed E-state index contributed by atoms with van der Waals surface area (Å²) >= 11 is 6.41. The number of amides is 2. The lowest BCUT2D eigenvalue weighted by Crippen LogP contribution is -2.40. The van der Waals surface area contributed by atoms with E-state index >= 15 is 0 Å². The molecule has 0 saturated carbocycles. The molecule has 40 heavy (non-hydrogen) atoms. The summed E-state index contributed by atoms with van der Waals surface area (Å²) in [6, 6.07) is 10.1. The minimum atomic E-state index is -2.67. The van der Waals surface area contributed by atoms with Gasteiger partial charge in [-0.15, -0.1) is 0 Å². The number of hydrogen-bond acceptors (Lipinski definition) is 7. The van der Waals surface area contributed by atoms with E-state index in [0.717, 1.165) is 18.4 Å². The smallest absolute Gasteiger partial charge is 0.263 e. The maximum Gasteiger partial charge on any atom is 0.263 e. The van der Waals surface area contributed by atoms with Crippen molar-refractivity contribution in [2.24, 2.45) is 0 Å². The Balaban J connectivity index is 1.27. The second kappa shape index (κ2) is 12.2. The van der Waals surface area contributed by atoms with E-state index < -0.39 is 25.0 Å².